The highest BCUT2D eigenvalue weighted by molar-refractivity contribution is 8.00. The molecule has 1 aromatic heterocycles. The van der Waals surface area contributed by atoms with Crippen LogP contribution in [-0.2, 0) is 115 Å². The maximum atomic E-state index is 15.5. The Hall–Kier alpha value is -13.7. The normalized spacial score (nSPS) is 21.9. The number of amides is 15. The molecule has 1 aliphatic heterocycles. The zero-order chi connectivity index (χ0) is 93.4. The summed E-state index contributed by atoms with van der Waals surface area (Å²) in [5.74, 6) is -17.5. The standard InChI is InChI=1S/C91H114N16O20S/c1-9-10-30-73-90(126)104(5)50-78(113)96-68(46-80(115)116)85(121)101-71(51-108)89(125)106(7)74(43-56-24-16-12-17-25-56)86(122)100-69(42-59-33-37-62(110)38-34-59)87(123)103(4)49-77(112)95-67(45-60-47-93-64-29-21-20-28-63(60)64)84(120)99-66(40-58-31-35-61(109)36-32-58)83(119)98-65(39-54(2)3)82(118)102-72(81(117)94-48-76(92)111)52-128-53-79(114)97-70(41-55-22-14-11-15-23-55)88(124)107(8)75(91(127)105(73)6)44-57-26-18-13-19-27-57/h11-29,31-38,47,54,65-75,93,108-110H,9-10,30,39-46,48-53H2,1-8H3,(H2,92,111)(H,94,117)(H,95,112)(H,96,113)(H,97,114)(H,98,119)(H,99,120)(H,100,122)(H,101,121)(H,102,118)(H,115,116)/t65-,66-,67-,68?,69-,70-,71-,72-,73-,74-,75-/m0/s1. The second-order valence-corrected chi connectivity index (χ2v) is 33.1. The van der Waals surface area contributed by atoms with Gasteiger partial charge in [-0.3, -0.25) is 76.7 Å². The predicted octanol–water partition coefficient (Wildman–Crippen LogP) is 0.663. The van der Waals surface area contributed by atoms with E-state index in [9.17, 15) is 68.4 Å². The fourth-order valence-corrected chi connectivity index (χ4v) is 15.5. The molecule has 1 aliphatic rings. The number of carboxylic acids is 1. The monoisotopic (exact) mass is 1780 g/mol. The highest BCUT2D eigenvalue weighted by Crippen LogP contribution is 2.24. The van der Waals surface area contributed by atoms with E-state index in [1.165, 1.54) is 76.7 Å². The van der Waals surface area contributed by atoms with Gasteiger partial charge in [-0.25, -0.2) is 0 Å². The first kappa shape index (κ1) is 99.7. The number of H-pyrrole nitrogens is 1. The Labute approximate surface area is 745 Å². The van der Waals surface area contributed by atoms with Gasteiger partial charge in [0, 0.05) is 96.6 Å². The number of unbranched alkanes of at least 4 members (excludes halogenated alkanes) is 1. The fourth-order valence-electron chi connectivity index (χ4n) is 14.7. The molecular formula is C91H114N16O20S. The zero-order valence-electron chi connectivity index (χ0n) is 72.7. The predicted molar refractivity (Wildman–Crippen MR) is 474 cm³/mol. The van der Waals surface area contributed by atoms with E-state index < -0.39 is 205 Å². The van der Waals surface area contributed by atoms with E-state index in [0.29, 0.717) is 57.1 Å². The molecule has 2 heterocycles. The van der Waals surface area contributed by atoms with Crippen LogP contribution in [0, 0.1) is 5.92 Å². The summed E-state index contributed by atoms with van der Waals surface area (Å²) in [6, 6.07) is 26.0. The van der Waals surface area contributed by atoms with Crippen LogP contribution in [0.4, 0.5) is 0 Å². The molecular weight excluding hydrogens is 1670 g/mol. The molecule has 37 heteroatoms. The van der Waals surface area contributed by atoms with Crippen molar-refractivity contribution in [2.24, 2.45) is 11.7 Å². The Kier molecular flexibility index (Phi) is 37.9. The average Bonchev–Trinajstić information content (AvgIpc) is 1.70. The molecule has 684 valence electrons. The number of hydrogen-bond donors (Lipinski definition) is 15. The first-order chi connectivity index (χ1) is 61.0. The van der Waals surface area contributed by atoms with E-state index in [-0.39, 0.29) is 68.8 Å². The van der Waals surface area contributed by atoms with Crippen LogP contribution in [0.15, 0.2) is 170 Å². The van der Waals surface area contributed by atoms with Gasteiger partial charge >= 0.3 is 5.97 Å². The smallest absolute Gasteiger partial charge is 0.305 e. The van der Waals surface area contributed by atoms with Crippen LogP contribution >= 0.6 is 11.8 Å². The number of rotatable bonds is 23. The number of benzene rings is 6. The molecule has 1 saturated heterocycles. The number of aromatic hydroxyl groups is 2. The maximum Gasteiger partial charge on any atom is 0.305 e. The second-order valence-electron chi connectivity index (χ2n) is 32.1. The van der Waals surface area contributed by atoms with Crippen molar-refractivity contribution in [1.82, 2.24) is 77.3 Å². The number of thioether (sulfide) groups is 1. The van der Waals surface area contributed by atoms with Gasteiger partial charge in [-0.2, -0.15) is 0 Å². The number of phenols is 2. The molecule has 0 saturated carbocycles. The number of aliphatic carboxylic acids is 1. The molecule has 128 heavy (non-hydrogen) atoms. The lowest BCUT2D eigenvalue weighted by molar-refractivity contribution is -0.151. The van der Waals surface area contributed by atoms with Crippen molar-refractivity contribution in [3.05, 3.63) is 203 Å². The molecule has 1 fully saturated rings. The number of aliphatic hydroxyl groups excluding tert-OH is 1. The summed E-state index contributed by atoms with van der Waals surface area (Å²) in [4.78, 5) is 242. The second kappa shape index (κ2) is 48.7. The van der Waals surface area contributed by atoms with Crippen molar-refractivity contribution >= 4 is 117 Å². The number of aliphatic hydroxyl groups is 1. The van der Waals surface area contributed by atoms with Gasteiger partial charge in [0.25, 0.3) is 0 Å². The molecule has 0 bridgehead atoms. The molecule has 0 radical (unpaired) electrons. The number of primary amides is 1. The lowest BCUT2D eigenvalue weighted by Crippen LogP contribution is -2.61. The number of carbonyl (C=O) groups excluding carboxylic acids is 15. The highest BCUT2D eigenvalue weighted by atomic mass is 32.2. The number of hydrogen-bond acceptors (Lipinski definition) is 20. The molecule has 36 nitrogen and oxygen atoms in total. The van der Waals surface area contributed by atoms with Crippen LogP contribution in [0.25, 0.3) is 10.9 Å². The van der Waals surface area contributed by atoms with Crippen molar-refractivity contribution < 1.29 is 97.1 Å². The van der Waals surface area contributed by atoms with Crippen molar-refractivity contribution in [3.63, 3.8) is 0 Å². The number of phenolic OH excluding ortho intramolecular Hbond substituents is 2. The van der Waals surface area contributed by atoms with Crippen LogP contribution in [0.5, 0.6) is 11.5 Å². The van der Waals surface area contributed by atoms with E-state index in [2.05, 4.69) is 52.8 Å². The third-order valence-corrected chi connectivity index (χ3v) is 22.7. The maximum absolute atomic E-state index is 15.5. The number of carbonyl (C=O) groups is 16. The molecule has 15 amide bonds. The average molecular weight is 1780 g/mol. The van der Waals surface area contributed by atoms with E-state index in [1.54, 1.807) is 135 Å². The first-order valence-corrected chi connectivity index (χ1v) is 43.1. The Morgan fingerprint density at radius 3 is 1.43 bits per heavy atom. The lowest BCUT2D eigenvalue weighted by Gasteiger charge is -2.37. The minimum absolute atomic E-state index is 0.00804. The molecule has 1 unspecified atom stereocenters. The Morgan fingerprint density at radius 1 is 0.461 bits per heavy atom. The van der Waals surface area contributed by atoms with Gasteiger partial charge in [-0.05, 0) is 82.5 Å². The minimum atomic E-state index is -2.01. The number of nitrogens with one attached hydrogen (secondary N) is 10. The van der Waals surface area contributed by atoms with Gasteiger partial charge in [-0.15, -0.1) is 11.8 Å². The summed E-state index contributed by atoms with van der Waals surface area (Å²) >= 11 is 0.821. The number of para-hydroxylation sites is 1. The van der Waals surface area contributed by atoms with Crippen molar-refractivity contribution in [3.8, 4) is 11.5 Å². The van der Waals surface area contributed by atoms with Crippen LogP contribution in [-0.4, -0.2) is 284 Å². The molecule has 16 N–H and O–H groups in total. The lowest BCUT2D eigenvalue weighted by atomic mass is 9.99. The third kappa shape index (κ3) is 30.0. The molecule has 0 aliphatic carbocycles. The van der Waals surface area contributed by atoms with E-state index >= 15 is 28.8 Å². The van der Waals surface area contributed by atoms with Crippen molar-refractivity contribution in [2.45, 2.75) is 158 Å². The Balaban J connectivity index is 1.20. The zero-order valence-corrected chi connectivity index (χ0v) is 73.5. The van der Waals surface area contributed by atoms with Crippen LogP contribution < -0.4 is 53.6 Å². The Bertz CT molecular complexity index is 5030. The first-order valence-electron chi connectivity index (χ1n) is 41.9. The number of likely N-dealkylation sites (N-methyl/N-ethyl adjacent to an activating group) is 5. The van der Waals surface area contributed by atoms with Gasteiger partial charge < -0.3 is 103 Å². The summed E-state index contributed by atoms with van der Waals surface area (Å²) in [6.45, 7) is 1.77. The molecule has 7 aromatic rings. The van der Waals surface area contributed by atoms with Gasteiger partial charge in [0.05, 0.1) is 38.4 Å². The van der Waals surface area contributed by atoms with E-state index in [4.69, 9.17) is 5.73 Å². The molecule has 8 rings (SSSR count). The SMILES string of the molecule is CCCC[C@H]1C(=O)N(C)CC(=O)NC(CC(=O)O)C(=O)N[C@@H](CO)C(=O)N(C)[C@@H](Cc2ccccc2)C(=O)N[C@@H](Cc2ccc(O)cc2)C(=O)N(C)CC(=O)N[C@@H](Cc2c[nH]c3ccccc23)C(=O)N[C@@H](Cc2ccc(O)cc2)C(=O)N[C@@H](CC(C)C)C(=O)N[C@H](C(=O)NCC(N)=O)CSCC(=O)N[C@@H](Cc2ccccc2)C(=O)N(C)[C@@H](Cc2ccccc2)C(=O)N1C. The molecule has 0 spiro atoms. The minimum Gasteiger partial charge on any atom is -0.508 e. The Morgan fingerprint density at radius 2 is 0.891 bits per heavy atom. The van der Waals surface area contributed by atoms with Crippen molar-refractivity contribution in [1.29, 1.82) is 0 Å². The summed E-state index contributed by atoms with van der Waals surface area (Å²) in [5, 5.41) is 65.8. The number of carboxylic acid groups (broad SMARTS) is 1. The third-order valence-electron chi connectivity index (χ3n) is 21.6. The van der Waals surface area contributed by atoms with Gasteiger partial charge in [0.2, 0.25) is 88.6 Å². The van der Waals surface area contributed by atoms with Crippen molar-refractivity contribution in [2.75, 3.05) is 73.0 Å². The summed E-state index contributed by atoms with van der Waals surface area (Å²) in [6.07, 6.45) is -0.224. The van der Waals surface area contributed by atoms with E-state index in [1.807, 2.05) is 6.92 Å². The fraction of sp³-hybridized carbons (Fsp3) is 0.407. The number of aromatic nitrogens is 1. The molecule has 11 atom stereocenters. The number of aromatic amines is 1. The number of nitrogens with zero attached hydrogens (tertiary/aromatic N) is 5. The van der Waals surface area contributed by atoms with E-state index in [0.717, 1.165) is 43.3 Å². The van der Waals surface area contributed by atoms with Gasteiger partial charge in [-0.1, -0.05) is 167 Å². The van der Waals surface area contributed by atoms with Crippen LogP contribution in [0.1, 0.15) is 86.3 Å². The summed E-state index contributed by atoms with van der Waals surface area (Å²) < 4.78 is 0. The summed E-state index contributed by atoms with van der Waals surface area (Å²) in [7, 11) is 6.32. The number of nitrogens with two attached hydrogens (primary N) is 1. The summed E-state index contributed by atoms with van der Waals surface area (Å²) in [5.41, 5.74) is 8.96. The highest BCUT2D eigenvalue weighted by Gasteiger charge is 2.42. The van der Waals surface area contributed by atoms with Gasteiger partial charge in [0.15, 0.2) is 0 Å². The van der Waals surface area contributed by atoms with Crippen LogP contribution in [0.2, 0.25) is 0 Å². The van der Waals surface area contributed by atoms with Gasteiger partial charge in [0.1, 0.15) is 78.0 Å². The molecule has 6 aromatic carbocycles. The number of fused-ring (bicyclic) bond motifs is 1. The topological polar surface area (TPSA) is 520 Å². The largest absolute Gasteiger partial charge is 0.508 e. The quantitative estimate of drug-likeness (QED) is 0.0418. The van der Waals surface area contributed by atoms with Crippen LogP contribution in [0.3, 0.4) is 0 Å².